The molecule has 1 aromatic rings. The fourth-order valence-electron chi connectivity index (χ4n) is 0.937. The molecule has 0 saturated carbocycles. The van der Waals surface area contributed by atoms with Crippen molar-refractivity contribution < 1.29 is 8.78 Å². The maximum atomic E-state index is 12.4. The molecule has 0 atom stereocenters. The van der Waals surface area contributed by atoms with Crippen molar-refractivity contribution in [3.05, 3.63) is 31.9 Å². The van der Waals surface area contributed by atoms with Crippen molar-refractivity contribution in [2.75, 3.05) is 0 Å². The first-order chi connectivity index (χ1) is 5.54. The number of rotatable bonds is 1. The van der Waals surface area contributed by atoms with Crippen LogP contribution in [0, 0.1) is 10.5 Å². The third kappa shape index (κ3) is 1.88. The number of alkyl halides is 2. The summed E-state index contributed by atoms with van der Waals surface area (Å²) in [5.74, 6) is 0. The van der Waals surface area contributed by atoms with E-state index >= 15 is 0 Å². The molecule has 0 aliphatic heterocycles. The van der Waals surface area contributed by atoms with Crippen molar-refractivity contribution in [2.24, 2.45) is 0 Å². The summed E-state index contributed by atoms with van der Waals surface area (Å²) >= 11 is 7.62. The van der Waals surface area contributed by atoms with Gasteiger partial charge in [-0.2, -0.15) is 0 Å². The Hall–Kier alpha value is 0.1000. The Balaban J connectivity index is 3.33. The van der Waals surface area contributed by atoms with E-state index in [-0.39, 0.29) is 10.6 Å². The van der Waals surface area contributed by atoms with Gasteiger partial charge in [-0.1, -0.05) is 11.6 Å². The average molecular weight is 302 g/mol. The van der Waals surface area contributed by atoms with Gasteiger partial charge in [-0.15, -0.1) is 0 Å². The minimum Gasteiger partial charge on any atom is -0.205 e. The highest BCUT2D eigenvalue weighted by molar-refractivity contribution is 14.1. The van der Waals surface area contributed by atoms with E-state index in [1.54, 1.807) is 13.0 Å². The van der Waals surface area contributed by atoms with E-state index in [9.17, 15) is 8.78 Å². The second kappa shape index (κ2) is 3.87. The molecule has 0 saturated heterocycles. The van der Waals surface area contributed by atoms with Gasteiger partial charge in [0.15, 0.2) is 0 Å². The molecule has 4 heteroatoms. The molecule has 0 N–H and O–H groups in total. The molecule has 0 nitrogen and oxygen atoms in total. The van der Waals surface area contributed by atoms with Crippen LogP contribution in [0.3, 0.4) is 0 Å². The molecule has 12 heavy (non-hydrogen) atoms. The van der Waals surface area contributed by atoms with Crippen LogP contribution in [0.4, 0.5) is 8.78 Å². The van der Waals surface area contributed by atoms with Crippen molar-refractivity contribution in [3.63, 3.8) is 0 Å². The van der Waals surface area contributed by atoms with Gasteiger partial charge in [-0.3, -0.25) is 0 Å². The Morgan fingerprint density at radius 3 is 2.42 bits per heavy atom. The predicted molar refractivity (Wildman–Crippen MR) is 53.9 cm³/mol. The van der Waals surface area contributed by atoms with Crippen LogP contribution in [0.1, 0.15) is 17.6 Å². The average Bonchev–Trinajstić information content (AvgIpc) is 1.97. The van der Waals surface area contributed by atoms with Gasteiger partial charge >= 0.3 is 0 Å². The van der Waals surface area contributed by atoms with Gasteiger partial charge in [0.1, 0.15) is 0 Å². The molecule has 66 valence electrons. The smallest absolute Gasteiger partial charge is 0.205 e. The lowest BCUT2D eigenvalue weighted by Crippen LogP contribution is -1.93. The van der Waals surface area contributed by atoms with Gasteiger partial charge in [0.2, 0.25) is 0 Å². The minimum atomic E-state index is -2.49. The number of hydrogen-bond donors (Lipinski definition) is 0. The maximum absolute atomic E-state index is 12.4. The van der Waals surface area contributed by atoms with Gasteiger partial charge in [-0.05, 0) is 47.2 Å². The molecule has 0 amide bonds. The summed E-state index contributed by atoms with van der Waals surface area (Å²) in [4.78, 5) is 0. The van der Waals surface area contributed by atoms with Crippen molar-refractivity contribution in [1.82, 2.24) is 0 Å². The van der Waals surface area contributed by atoms with E-state index in [4.69, 9.17) is 11.6 Å². The fourth-order valence-corrected chi connectivity index (χ4v) is 1.69. The summed E-state index contributed by atoms with van der Waals surface area (Å²) in [6.45, 7) is 1.65. The SMILES string of the molecule is Cc1c(I)ccc(Cl)c1C(F)F. The van der Waals surface area contributed by atoms with E-state index in [2.05, 4.69) is 0 Å². The lowest BCUT2D eigenvalue weighted by atomic mass is 10.1. The molecule has 0 aliphatic rings. The summed E-state index contributed by atoms with van der Waals surface area (Å²) in [5.41, 5.74) is 0.515. The molecule has 0 fully saturated rings. The summed E-state index contributed by atoms with van der Waals surface area (Å²) in [7, 11) is 0. The summed E-state index contributed by atoms with van der Waals surface area (Å²) in [6.07, 6.45) is -2.49. The summed E-state index contributed by atoms with van der Waals surface area (Å²) in [5, 5.41) is 0.142. The first-order valence-electron chi connectivity index (χ1n) is 3.26. The molecule has 1 aromatic carbocycles. The van der Waals surface area contributed by atoms with Crippen LogP contribution in [0.2, 0.25) is 5.02 Å². The zero-order chi connectivity index (χ0) is 9.30. The van der Waals surface area contributed by atoms with Crippen LogP contribution in [-0.2, 0) is 0 Å². The van der Waals surface area contributed by atoms with Crippen LogP contribution >= 0.6 is 34.2 Å². The van der Waals surface area contributed by atoms with Gasteiger partial charge in [0.05, 0.1) is 0 Å². The molecule has 0 aliphatic carbocycles. The monoisotopic (exact) mass is 302 g/mol. The first-order valence-corrected chi connectivity index (χ1v) is 4.72. The fraction of sp³-hybridized carbons (Fsp3) is 0.250. The van der Waals surface area contributed by atoms with Gasteiger partial charge in [-0.25, -0.2) is 8.78 Å². The highest BCUT2D eigenvalue weighted by Gasteiger charge is 2.16. The van der Waals surface area contributed by atoms with E-state index < -0.39 is 6.43 Å². The Morgan fingerprint density at radius 1 is 1.42 bits per heavy atom. The van der Waals surface area contributed by atoms with E-state index in [0.717, 1.165) is 3.57 Å². The lowest BCUT2D eigenvalue weighted by Gasteiger charge is -2.08. The van der Waals surface area contributed by atoms with Gasteiger partial charge < -0.3 is 0 Å². The molecular weight excluding hydrogens is 296 g/mol. The van der Waals surface area contributed by atoms with Crippen LogP contribution in [0.25, 0.3) is 0 Å². The normalized spacial score (nSPS) is 10.8. The minimum absolute atomic E-state index is 0.0523. The summed E-state index contributed by atoms with van der Waals surface area (Å²) in [6, 6.07) is 3.22. The first kappa shape index (κ1) is 10.2. The molecular formula is C8H6ClF2I. The number of benzene rings is 1. The van der Waals surface area contributed by atoms with Crippen LogP contribution < -0.4 is 0 Å². The zero-order valence-corrected chi connectivity index (χ0v) is 9.16. The van der Waals surface area contributed by atoms with Crippen LogP contribution in [-0.4, -0.2) is 0 Å². The molecule has 1 rings (SSSR count). The van der Waals surface area contributed by atoms with Crippen molar-refractivity contribution in [2.45, 2.75) is 13.3 Å². The van der Waals surface area contributed by atoms with Gasteiger partial charge in [0.25, 0.3) is 6.43 Å². The van der Waals surface area contributed by atoms with Crippen molar-refractivity contribution in [3.8, 4) is 0 Å². The molecule has 0 spiro atoms. The summed E-state index contributed by atoms with van der Waals surface area (Å²) < 4.78 is 25.6. The van der Waals surface area contributed by atoms with Crippen molar-refractivity contribution in [1.29, 1.82) is 0 Å². The number of halogens is 4. The standard InChI is InChI=1S/C8H6ClF2I/c1-4-6(12)3-2-5(9)7(4)8(10)11/h2-3,8H,1H3. The second-order valence-electron chi connectivity index (χ2n) is 2.37. The molecule has 0 radical (unpaired) electrons. The maximum Gasteiger partial charge on any atom is 0.265 e. The third-order valence-electron chi connectivity index (χ3n) is 1.61. The topological polar surface area (TPSA) is 0 Å². The Morgan fingerprint density at radius 2 is 2.00 bits per heavy atom. The van der Waals surface area contributed by atoms with E-state index in [1.807, 2.05) is 22.6 Å². The Kier molecular flexibility index (Phi) is 3.29. The lowest BCUT2D eigenvalue weighted by molar-refractivity contribution is 0.150. The highest BCUT2D eigenvalue weighted by atomic mass is 127. The third-order valence-corrected chi connectivity index (χ3v) is 3.11. The van der Waals surface area contributed by atoms with Crippen LogP contribution in [0.15, 0.2) is 12.1 Å². The number of hydrogen-bond acceptors (Lipinski definition) is 0. The molecule has 0 aromatic heterocycles. The highest BCUT2D eigenvalue weighted by Crippen LogP contribution is 2.32. The van der Waals surface area contributed by atoms with Gasteiger partial charge in [0, 0.05) is 14.2 Å². The zero-order valence-electron chi connectivity index (χ0n) is 6.24. The Labute approximate surface area is 88.1 Å². The van der Waals surface area contributed by atoms with E-state index in [0.29, 0.717) is 5.56 Å². The predicted octanol–water partition coefficient (Wildman–Crippen LogP) is 4.19. The van der Waals surface area contributed by atoms with Crippen molar-refractivity contribution >= 4 is 34.2 Å². The Bertz CT molecular complexity index is 299. The van der Waals surface area contributed by atoms with E-state index in [1.165, 1.54) is 6.07 Å². The second-order valence-corrected chi connectivity index (χ2v) is 3.94. The molecule has 0 unspecified atom stereocenters. The molecule has 0 bridgehead atoms. The van der Waals surface area contributed by atoms with Crippen LogP contribution in [0.5, 0.6) is 0 Å². The largest absolute Gasteiger partial charge is 0.265 e. The molecule has 0 heterocycles. The quantitative estimate of drug-likeness (QED) is 0.682.